The van der Waals surface area contributed by atoms with Gasteiger partial charge < -0.3 is 0 Å². The van der Waals surface area contributed by atoms with Crippen LogP contribution in [0.5, 0.6) is 0 Å². The van der Waals surface area contributed by atoms with E-state index >= 15 is 0 Å². The van der Waals surface area contributed by atoms with Crippen LogP contribution < -0.4 is 0 Å². The van der Waals surface area contributed by atoms with E-state index in [1.165, 1.54) is 33.4 Å². The second kappa shape index (κ2) is 7.72. The van der Waals surface area contributed by atoms with E-state index in [2.05, 4.69) is 107 Å². The Hall–Kier alpha value is -1.99. The maximum atomic E-state index is 4.63. The summed E-state index contributed by atoms with van der Waals surface area (Å²) < 4.78 is 0. The summed E-state index contributed by atoms with van der Waals surface area (Å²) in [4.78, 5) is 1.07. The van der Waals surface area contributed by atoms with Gasteiger partial charge in [0, 0.05) is 10.3 Å². The smallest absolute Gasteiger partial charge is 0.0146 e. The van der Waals surface area contributed by atoms with Crippen molar-refractivity contribution < 1.29 is 0 Å². The molecule has 0 saturated heterocycles. The van der Waals surface area contributed by atoms with Crippen LogP contribution in [0, 0.1) is 6.92 Å². The van der Waals surface area contributed by atoms with Crippen LogP contribution in [0.25, 0.3) is 0 Å². The molecule has 3 aromatic carbocycles. The largest absolute Gasteiger partial charge is 0.143 e. The Morgan fingerprint density at radius 3 is 1.81 bits per heavy atom. The fourth-order valence-electron chi connectivity index (χ4n) is 3.41. The van der Waals surface area contributed by atoms with Crippen LogP contribution in [-0.4, -0.2) is 0 Å². The quantitative estimate of drug-likeness (QED) is 0.477. The lowest BCUT2D eigenvalue weighted by Gasteiger charge is -2.26. The highest BCUT2D eigenvalue weighted by Crippen LogP contribution is 2.32. The van der Waals surface area contributed by atoms with Crippen molar-refractivity contribution in [3.8, 4) is 0 Å². The molecular formula is C25H28S. The molecule has 0 unspecified atom stereocenters. The van der Waals surface area contributed by atoms with Crippen molar-refractivity contribution in [1.82, 2.24) is 0 Å². The second-order valence-electron chi connectivity index (χ2n) is 7.68. The van der Waals surface area contributed by atoms with Gasteiger partial charge in [0.15, 0.2) is 0 Å². The summed E-state index contributed by atoms with van der Waals surface area (Å²) in [5.74, 6) is 0. The van der Waals surface area contributed by atoms with Gasteiger partial charge in [-0.1, -0.05) is 87.0 Å². The average Bonchev–Trinajstić information content (AvgIpc) is 2.64. The summed E-state index contributed by atoms with van der Waals surface area (Å²) >= 11 is 4.63. The number of rotatable bonds is 5. The summed E-state index contributed by atoms with van der Waals surface area (Å²) in [7, 11) is 0. The van der Waals surface area contributed by atoms with Crippen LogP contribution in [0.15, 0.2) is 71.6 Å². The maximum Gasteiger partial charge on any atom is 0.0146 e. The zero-order chi connectivity index (χ0) is 18.7. The van der Waals surface area contributed by atoms with Crippen molar-refractivity contribution in [3.05, 3.63) is 100 Å². The molecule has 3 aromatic rings. The molecule has 0 saturated carbocycles. The van der Waals surface area contributed by atoms with Crippen molar-refractivity contribution in [2.75, 3.05) is 0 Å². The Morgan fingerprint density at radius 2 is 1.31 bits per heavy atom. The molecule has 0 N–H and O–H groups in total. The second-order valence-corrected chi connectivity index (χ2v) is 8.16. The Bertz CT molecular complexity index is 871. The zero-order valence-electron chi connectivity index (χ0n) is 16.2. The van der Waals surface area contributed by atoms with Gasteiger partial charge >= 0.3 is 0 Å². The van der Waals surface area contributed by atoms with Gasteiger partial charge in [0.05, 0.1) is 0 Å². The van der Waals surface area contributed by atoms with Crippen LogP contribution in [0.1, 0.15) is 54.2 Å². The third-order valence-corrected chi connectivity index (χ3v) is 5.81. The van der Waals surface area contributed by atoms with Crippen LogP contribution in [0.4, 0.5) is 0 Å². The molecular weight excluding hydrogens is 332 g/mol. The molecule has 0 aliphatic carbocycles. The molecule has 0 spiro atoms. The number of aryl methyl sites for hydroxylation is 2. The molecule has 0 aliphatic rings. The molecule has 0 nitrogen and oxygen atoms in total. The maximum absolute atomic E-state index is 4.63. The predicted octanol–water partition coefficient (Wildman–Crippen LogP) is 6.76. The highest BCUT2D eigenvalue weighted by atomic mass is 32.1. The topological polar surface area (TPSA) is 0 Å². The average molecular weight is 361 g/mol. The van der Waals surface area contributed by atoms with Crippen LogP contribution in [-0.2, 0) is 18.3 Å². The van der Waals surface area contributed by atoms with Gasteiger partial charge in [-0.25, -0.2) is 0 Å². The Labute approximate surface area is 163 Å². The van der Waals surface area contributed by atoms with Crippen LogP contribution in [0.3, 0.4) is 0 Å². The molecule has 0 aromatic heterocycles. The van der Waals surface area contributed by atoms with Crippen molar-refractivity contribution in [1.29, 1.82) is 0 Å². The summed E-state index contributed by atoms with van der Waals surface area (Å²) in [6.45, 7) is 8.90. The summed E-state index contributed by atoms with van der Waals surface area (Å²) in [6.07, 6.45) is 2.01. The minimum Gasteiger partial charge on any atom is -0.143 e. The van der Waals surface area contributed by atoms with Gasteiger partial charge in [0.2, 0.25) is 0 Å². The van der Waals surface area contributed by atoms with E-state index < -0.39 is 0 Å². The standard InChI is InChI=1S/C25H28S/c1-5-19-7-12-22(13-8-19)25(3,4)23-14-9-20(10-15-23)17-21-11-6-18(2)16-24(21)26/h6-16,26H,5,17H2,1-4H3. The number of hydrogen-bond acceptors (Lipinski definition) is 1. The number of thiol groups is 1. The first-order valence-corrected chi connectivity index (χ1v) is 9.82. The lowest BCUT2D eigenvalue weighted by atomic mass is 9.77. The normalized spacial score (nSPS) is 11.6. The first kappa shape index (κ1) is 18.8. The molecule has 0 bridgehead atoms. The third-order valence-electron chi connectivity index (χ3n) is 5.39. The molecule has 0 heterocycles. The fourth-order valence-corrected chi connectivity index (χ4v) is 3.76. The van der Waals surface area contributed by atoms with Gasteiger partial charge in [-0.15, -0.1) is 12.6 Å². The summed E-state index contributed by atoms with van der Waals surface area (Å²) in [5, 5.41) is 0. The lowest BCUT2D eigenvalue weighted by Crippen LogP contribution is -2.18. The van der Waals surface area contributed by atoms with E-state index in [0.29, 0.717) is 0 Å². The first-order chi connectivity index (χ1) is 12.4. The fraction of sp³-hybridized carbons (Fsp3) is 0.280. The monoisotopic (exact) mass is 360 g/mol. The lowest BCUT2D eigenvalue weighted by molar-refractivity contribution is 0.640. The predicted molar refractivity (Wildman–Crippen MR) is 116 cm³/mol. The SMILES string of the molecule is CCc1ccc(C(C)(C)c2ccc(Cc3ccc(C)cc3S)cc2)cc1. The van der Waals surface area contributed by atoms with E-state index in [-0.39, 0.29) is 5.41 Å². The Morgan fingerprint density at radius 1 is 0.769 bits per heavy atom. The summed E-state index contributed by atoms with van der Waals surface area (Å²) in [5.41, 5.74) is 7.96. The highest BCUT2D eigenvalue weighted by molar-refractivity contribution is 7.80. The van der Waals surface area contributed by atoms with Crippen molar-refractivity contribution in [3.63, 3.8) is 0 Å². The van der Waals surface area contributed by atoms with Gasteiger partial charge in [-0.3, -0.25) is 0 Å². The van der Waals surface area contributed by atoms with E-state index in [9.17, 15) is 0 Å². The van der Waals surface area contributed by atoms with E-state index in [1.54, 1.807) is 0 Å². The van der Waals surface area contributed by atoms with Gasteiger partial charge in [-0.2, -0.15) is 0 Å². The minimum absolute atomic E-state index is 0.00334. The zero-order valence-corrected chi connectivity index (χ0v) is 17.1. The minimum atomic E-state index is 0.00334. The molecule has 0 fully saturated rings. The van der Waals surface area contributed by atoms with Crippen molar-refractivity contribution in [2.45, 2.75) is 50.8 Å². The van der Waals surface area contributed by atoms with E-state index in [1.807, 2.05) is 0 Å². The number of benzene rings is 3. The molecule has 0 aliphatic heterocycles. The Kier molecular flexibility index (Phi) is 5.58. The van der Waals surface area contributed by atoms with E-state index in [4.69, 9.17) is 0 Å². The Balaban J connectivity index is 1.81. The van der Waals surface area contributed by atoms with Gasteiger partial charge in [0.1, 0.15) is 0 Å². The van der Waals surface area contributed by atoms with Crippen LogP contribution >= 0.6 is 12.6 Å². The molecule has 0 atom stereocenters. The molecule has 26 heavy (non-hydrogen) atoms. The highest BCUT2D eigenvalue weighted by Gasteiger charge is 2.22. The van der Waals surface area contributed by atoms with Gasteiger partial charge in [0.25, 0.3) is 0 Å². The first-order valence-electron chi connectivity index (χ1n) is 9.37. The van der Waals surface area contributed by atoms with Crippen molar-refractivity contribution >= 4 is 12.6 Å². The summed E-state index contributed by atoms with van der Waals surface area (Å²) in [6, 6.07) is 24.6. The molecule has 1 heteroatoms. The third kappa shape index (κ3) is 4.04. The van der Waals surface area contributed by atoms with E-state index in [0.717, 1.165) is 17.7 Å². The molecule has 0 radical (unpaired) electrons. The van der Waals surface area contributed by atoms with Gasteiger partial charge in [-0.05, 0) is 53.6 Å². The molecule has 3 rings (SSSR count). The molecule has 134 valence electrons. The van der Waals surface area contributed by atoms with Crippen LogP contribution in [0.2, 0.25) is 0 Å². The number of hydrogen-bond donors (Lipinski definition) is 1. The van der Waals surface area contributed by atoms with Crippen molar-refractivity contribution in [2.24, 2.45) is 0 Å². The molecule has 0 amide bonds.